The minimum atomic E-state index is -0.490. The van der Waals surface area contributed by atoms with Gasteiger partial charge in [0, 0.05) is 11.6 Å². The van der Waals surface area contributed by atoms with Gasteiger partial charge in [0.25, 0.3) is 0 Å². The van der Waals surface area contributed by atoms with Gasteiger partial charge in [0.1, 0.15) is 0 Å². The molecule has 0 saturated carbocycles. The van der Waals surface area contributed by atoms with Gasteiger partial charge >= 0.3 is 0 Å². The molecule has 0 amide bonds. The molecular formula is C8H9NO3S2. The summed E-state index contributed by atoms with van der Waals surface area (Å²) >= 11 is 3.07. The Labute approximate surface area is 89.7 Å². The first-order valence-electron chi connectivity index (χ1n) is 3.71. The first-order chi connectivity index (χ1) is 6.67. The molecule has 0 bridgehead atoms. The molecule has 0 saturated heterocycles. The molecule has 1 aromatic rings. The molecule has 1 heterocycles. The van der Waals surface area contributed by atoms with Crippen molar-refractivity contribution in [2.45, 2.75) is 4.21 Å². The second-order valence-corrected chi connectivity index (χ2v) is 4.44. The normalized spacial score (nSPS) is 10.7. The third-order valence-electron chi connectivity index (χ3n) is 1.46. The Hall–Kier alpha value is -1.01. The summed E-state index contributed by atoms with van der Waals surface area (Å²) in [5.41, 5.74) is 0.749. The molecular weight excluding hydrogens is 222 g/mol. The van der Waals surface area contributed by atoms with E-state index in [1.807, 2.05) is 12.3 Å². The summed E-state index contributed by atoms with van der Waals surface area (Å²) in [6.45, 7) is 0. The molecule has 1 aromatic heterocycles. The summed E-state index contributed by atoms with van der Waals surface area (Å²) in [6, 6.07) is 1.87. The van der Waals surface area contributed by atoms with Gasteiger partial charge in [-0.05, 0) is 12.3 Å². The third kappa shape index (κ3) is 2.74. The van der Waals surface area contributed by atoms with E-state index in [9.17, 15) is 10.1 Å². The van der Waals surface area contributed by atoms with Crippen LogP contribution in [-0.4, -0.2) is 18.3 Å². The number of methoxy groups -OCH3 is 1. The Morgan fingerprint density at radius 1 is 1.71 bits per heavy atom. The van der Waals surface area contributed by atoms with Crippen LogP contribution in [0.3, 0.4) is 0 Å². The van der Waals surface area contributed by atoms with Crippen molar-refractivity contribution in [1.82, 2.24) is 0 Å². The number of rotatable bonds is 4. The molecule has 0 aromatic carbocycles. The van der Waals surface area contributed by atoms with Crippen LogP contribution in [0.15, 0.2) is 16.5 Å². The van der Waals surface area contributed by atoms with Crippen LogP contribution >= 0.6 is 23.1 Å². The first-order valence-corrected chi connectivity index (χ1v) is 5.75. The van der Waals surface area contributed by atoms with Crippen LogP contribution in [0.4, 0.5) is 0 Å². The molecule has 4 nitrogen and oxygen atoms in total. The molecule has 0 fully saturated rings. The predicted molar refractivity (Wildman–Crippen MR) is 58.7 cm³/mol. The van der Waals surface area contributed by atoms with Crippen LogP contribution in [0, 0.1) is 10.1 Å². The number of nitro groups is 1. The van der Waals surface area contributed by atoms with Gasteiger partial charge < -0.3 is 4.74 Å². The zero-order valence-electron chi connectivity index (χ0n) is 7.72. The van der Waals surface area contributed by atoms with Crippen LogP contribution in [0.5, 0.6) is 5.06 Å². The molecule has 0 unspecified atom stereocenters. The standard InChI is InChI=1S/C8H9NO3S2/c1-12-8-6(3-4-9(10)11)5-7(13-2)14-8/h3-5H,1-2H3. The topological polar surface area (TPSA) is 52.4 Å². The van der Waals surface area contributed by atoms with E-state index in [2.05, 4.69) is 0 Å². The minimum absolute atomic E-state index is 0.490. The third-order valence-corrected chi connectivity index (χ3v) is 3.64. The highest BCUT2D eigenvalue weighted by Gasteiger charge is 2.07. The monoisotopic (exact) mass is 231 g/mol. The second-order valence-electron chi connectivity index (χ2n) is 2.32. The van der Waals surface area contributed by atoms with E-state index in [1.165, 1.54) is 17.4 Å². The maximum absolute atomic E-state index is 10.1. The lowest BCUT2D eigenvalue weighted by atomic mass is 10.3. The van der Waals surface area contributed by atoms with Crippen molar-refractivity contribution in [2.75, 3.05) is 13.4 Å². The van der Waals surface area contributed by atoms with Crippen molar-refractivity contribution in [2.24, 2.45) is 0 Å². The average Bonchev–Trinajstić information content (AvgIpc) is 2.57. The maximum Gasteiger partial charge on any atom is 0.235 e. The van der Waals surface area contributed by atoms with Gasteiger partial charge in [-0.3, -0.25) is 10.1 Å². The molecule has 0 aliphatic heterocycles. The van der Waals surface area contributed by atoms with Gasteiger partial charge in [-0.2, -0.15) is 0 Å². The fourth-order valence-corrected chi connectivity index (χ4v) is 2.39. The average molecular weight is 231 g/mol. The first kappa shape index (κ1) is 11.1. The van der Waals surface area contributed by atoms with Crippen molar-refractivity contribution in [3.8, 4) is 5.06 Å². The largest absolute Gasteiger partial charge is 0.487 e. The van der Waals surface area contributed by atoms with Gasteiger partial charge in [0.05, 0.1) is 16.2 Å². The summed E-state index contributed by atoms with van der Waals surface area (Å²) in [6.07, 6.45) is 4.30. The highest BCUT2D eigenvalue weighted by molar-refractivity contribution is 8.00. The zero-order valence-corrected chi connectivity index (χ0v) is 9.35. The van der Waals surface area contributed by atoms with E-state index in [4.69, 9.17) is 4.74 Å². The van der Waals surface area contributed by atoms with Crippen molar-refractivity contribution < 1.29 is 9.66 Å². The molecule has 0 aliphatic rings. The van der Waals surface area contributed by atoms with Crippen LogP contribution in [-0.2, 0) is 0 Å². The highest BCUT2D eigenvalue weighted by Crippen LogP contribution is 2.36. The lowest BCUT2D eigenvalue weighted by molar-refractivity contribution is -0.400. The Morgan fingerprint density at radius 2 is 2.43 bits per heavy atom. The highest BCUT2D eigenvalue weighted by atomic mass is 32.2. The molecule has 6 heteroatoms. The summed E-state index contributed by atoms with van der Waals surface area (Å²) < 4.78 is 6.17. The van der Waals surface area contributed by atoms with Gasteiger partial charge in [0.2, 0.25) is 6.20 Å². The molecule has 0 aliphatic carbocycles. The summed E-state index contributed by atoms with van der Waals surface area (Å²) in [5.74, 6) is 0. The Bertz CT molecular complexity index is 359. The SMILES string of the molecule is COc1sc(SC)cc1C=C[N+](=O)[O-]. The molecule has 0 spiro atoms. The number of thioether (sulfide) groups is 1. The number of hydrogen-bond donors (Lipinski definition) is 0. The summed E-state index contributed by atoms with van der Waals surface area (Å²) in [5, 5.41) is 10.8. The van der Waals surface area contributed by atoms with E-state index in [0.29, 0.717) is 5.06 Å². The number of ether oxygens (including phenoxy) is 1. The van der Waals surface area contributed by atoms with Crippen molar-refractivity contribution in [1.29, 1.82) is 0 Å². The lowest BCUT2D eigenvalue weighted by Gasteiger charge is -1.93. The van der Waals surface area contributed by atoms with Crippen LogP contribution in [0.2, 0.25) is 0 Å². The fourth-order valence-electron chi connectivity index (χ4n) is 0.883. The second kappa shape index (κ2) is 5.02. The molecule has 14 heavy (non-hydrogen) atoms. The molecule has 0 N–H and O–H groups in total. The fraction of sp³-hybridized carbons (Fsp3) is 0.250. The summed E-state index contributed by atoms with van der Waals surface area (Å²) in [4.78, 5) is 9.63. The Morgan fingerprint density at radius 3 is 2.93 bits per heavy atom. The van der Waals surface area contributed by atoms with Crippen LogP contribution < -0.4 is 4.74 Å². The quantitative estimate of drug-likeness (QED) is 0.454. The smallest absolute Gasteiger partial charge is 0.235 e. The van der Waals surface area contributed by atoms with E-state index < -0.39 is 4.92 Å². The van der Waals surface area contributed by atoms with E-state index in [-0.39, 0.29) is 0 Å². The molecule has 1 rings (SSSR count). The van der Waals surface area contributed by atoms with E-state index in [0.717, 1.165) is 16.0 Å². The zero-order chi connectivity index (χ0) is 10.6. The minimum Gasteiger partial charge on any atom is -0.487 e. The van der Waals surface area contributed by atoms with E-state index >= 15 is 0 Å². The maximum atomic E-state index is 10.1. The van der Waals surface area contributed by atoms with Gasteiger partial charge in [-0.1, -0.05) is 11.3 Å². The van der Waals surface area contributed by atoms with Crippen molar-refractivity contribution in [3.63, 3.8) is 0 Å². The van der Waals surface area contributed by atoms with E-state index in [1.54, 1.807) is 18.9 Å². The van der Waals surface area contributed by atoms with Crippen molar-refractivity contribution in [3.05, 3.63) is 27.9 Å². The van der Waals surface area contributed by atoms with Crippen LogP contribution in [0.1, 0.15) is 5.56 Å². The number of hydrogen-bond acceptors (Lipinski definition) is 5. The number of thiophene rings is 1. The Kier molecular flexibility index (Phi) is 3.97. The molecule has 0 atom stereocenters. The van der Waals surface area contributed by atoms with Gasteiger partial charge in [-0.25, -0.2) is 0 Å². The van der Waals surface area contributed by atoms with Crippen molar-refractivity contribution >= 4 is 29.2 Å². The molecule has 76 valence electrons. The lowest BCUT2D eigenvalue weighted by Crippen LogP contribution is -1.83. The van der Waals surface area contributed by atoms with Gasteiger partial charge in [-0.15, -0.1) is 11.8 Å². The number of nitrogens with zero attached hydrogens (tertiary/aromatic N) is 1. The van der Waals surface area contributed by atoms with Gasteiger partial charge in [0.15, 0.2) is 5.06 Å². The predicted octanol–water partition coefficient (Wildman–Crippen LogP) is 2.73. The Balaban J connectivity index is 2.94. The molecule has 0 radical (unpaired) electrons. The van der Waals surface area contributed by atoms with Crippen LogP contribution in [0.25, 0.3) is 6.08 Å². The summed E-state index contributed by atoms with van der Waals surface area (Å²) in [7, 11) is 1.56.